The van der Waals surface area contributed by atoms with E-state index >= 15 is 0 Å². The molecule has 0 aliphatic heterocycles. The zero-order valence-corrected chi connectivity index (χ0v) is 14.8. The molecule has 0 aromatic carbocycles. The molecule has 0 atom stereocenters. The van der Waals surface area contributed by atoms with E-state index in [1.807, 2.05) is 0 Å². The van der Waals surface area contributed by atoms with E-state index in [-0.39, 0.29) is 13.2 Å². The summed E-state index contributed by atoms with van der Waals surface area (Å²) in [5.74, 6) is -0.400. The molecule has 0 N–H and O–H groups in total. The zero-order chi connectivity index (χ0) is 17.3. The summed E-state index contributed by atoms with van der Waals surface area (Å²) < 4.78 is 9.94. The number of hydrogen-bond donors (Lipinski definition) is 0. The highest BCUT2D eigenvalue weighted by Gasteiger charge is 2.14. The molecule has 0 radical (unpaired) electrons. The van der Waals surface area contributed by atoms with Crippen LogP contribution < -0.4 is 0 Å². The van der Waals surface area contributed by atoms with E-state index in [9.17, 15) is 9.59 Å². The first-order valence-electron chi connectivity index (χ1n) is 8.76. The van der Waals surface area contributed by atoms with Gasteiger partial charge in [-0.3, -0.25) is 4.79 Å². The molecule has 134 valence electrons. The minimum atomic E-state index is -0.551. The third-order valence-electron chi connectivity index (χ3n) is 3.51. The zero-order valence-electron chi connectivity index (χ0n) is 14.8. The molecule has 0 spiro atoms. The van der Waals surface area contributed by atoms with Gasteiger partial charge < -0.3 is 14.4 Å². The van der Waals surface area contributed by atoms with Gasteiger partial charge >= 0.3 is 12.1 Å². The van der Waals surface area contributed by atoms with Crippen LogP contribution in [0, 0.1) is 0 Å². The van der Waals surface area contributed by atoms with E-state index in [1.165, 1.54) is 63.0 Å². The lowest BCUT2D eigenvalue weighted by Gasteiger charge is -2.15. The van der Waals surface area contributed by atoms with E-state index < -0.39 is 12.1 Å². The van der Waals surface area contributed by atoms with Gasteiger partial charge in [0.05, 0.1) is 6.61 Å². The Morgan fingerprint density at radius 3 is 2.09 bits per heavy atom. The van der Waals surface area contributed by atoms with E-state index in [2.05, 4.69) is 13.5 Å². The minimum absolute atomic E-state index is 0.0899. The van der Waals surface area contributed by atoms with Gasteiger partial charge in [-0.15, -0.1) is 0 Å². The number of carbonyl (C=O) groups excluding carboxylic acids is 2. The molecule has 5 heteroatoms. The maximum Gasteiger partial charge on any atom is 0.410 e. The summed E-state index contributed by atoms with van der Waals surface area (Å²) in [7, 11) is 1.51. The molecule has 0 rings (SSSR count). The second kappa shape index (κ2) is 15.4. The molecule has 0 saturated carbocycles. The number of nitrogens with zero attached hydrogens (tertiary/aromatic N) is 1. The van der Waals surface area contributed by atoms with Crippen molar-refractivity contribution in [3.8, 4) is 0 Å². The molecule has 0 fully saturated rings. The Hall–Kier alpha value is -1.52. The predicted octanol–water partition coefficient (Wildman–Crippen LogP) is 4.31. The average Bonchev–Trinajstić information content (AvgIpc) is 2.54. The van der Waals surface area contributed by atoms with Crippen LogP contribution in [0.2, 0.25) is 0 Å². The van der Waals surface area contributed by atoms with Crippen molar-refractivity contribution in [2.75, 3.05) is 26.8 Å². The number of amides is 1. The van der Waals surface area contributed by atoms with Crippen molar-refractivity contribution >= 4 is 12.1 Å². The second-order valence-corrected chi connectivity index (χ2v) is 5.77. The fourth-order valence-corrected chi connectivity index (χ4v) is 2.14. The molecule has 1 amide bonds. The van der Waals surface area contributed by atoms with Crippen LogP contribution in [0.4, 0.5) is 4.79 Å². The second-order valence-electron chi connectivity index (χ2n) is 5.77. The lowest BCUT2D eigenvalue weighted by Crippen LogP contribution is -2.33. The molecule has 0 aromatic rings. The van der Waals surface area contributed by atoms with Crippen LogP contribution in [0.3, 0.4) is 0 Å². The summed E-state index contributed by atoms with van der Waals surface area (Å²) in [6.07, 6.45) is 11.9. The van der Waals surface area contributed by atoms with Crippen molar-refractivity contribution in [2.45, 2.75) is 64.7 Å². The maximum absolute atomic E-state index is 11.6. The maximum atomic E-state index is 11.6. The van der Waals surface area contributed by atoms with E-state index in [0.717, 1.165) is 12.8 Å². The quantitative estimate of drug-likeness (QED) is 0.271. The van der Waals surface area contributed by atoms with Crippen molar-refractivity contribution < 1.29 is 19.1 Å². The number of carbonyl (C=O) groups is 2. The van der Waals surface area contributed by atoms with Gasteiger partial charge in [-0.05, 0) is 6.42 Å². The summed E-state index contributed by atoms with van der Waals surface area (Å²) in [5, 5.41) is 0. The van der Waals surface area contributed by atoms with Gasteiger partial charge in [0, 0.05) is 7.05 Å². The number of likely N-dealkylation sites (N-methyl/N-ethyl adjacent to an activating group) is 1. The molecule has 0 heterocycles. The van der Waals surface area contributed by atoms with Crippen molar-refractivity contribution in [2.24, 2.45) is 0 Å². The Morgan fingerprint density at radius 1 is 0.957 bits per heavy atom. The fourth-order valence-electron chi connectivity index (χ4n) is 2.14. The van der Waals surface area contributed by atoms with Crippen molar-refractivity contribution in [3.05, 3.63) is 12.7 Å². The van der Waals surface area contributed by atoms with Crippen LogP contribution in [0.25, 0.3) is 0 Å². The van der Waals surface area contributed by atoms with Crippen molar-refractivity contribution in [1.82, 2.24) is 4.90 Å². The molecule has 23 heavy (non-hydrogen) atoms. The van der Waals surface area contributed by atoms with Crippen LogP contribution in [0.5, 0.6) is 0 Å². The van der Waals surface area contributed by atoms with Crippen LogP contribution in [-0.2, 0) is 14.3 Å². The highest BCUT2D eigenvalue weighted by molar-refractivity contribution is 5.77. The van der Waals surface area contributed by atoms with Crippen LogP contribution >= 0.6 is 0 Å². The number of ether oxygens (including phenoxy) is 2. The molecule has 0 aliphatic carbocycles. The predicted molar refractivity (Wildman–Crippen MR) is 92.4 cm³/mol. The summed E-state index contributed by atoms with van der Waals surface area (Å²) in [6, 6.07) is 0. The van der Waals surface area contributed by atoms with Gasteiger partial charge in [0.25, 0.3) is 0 Å². The fraction of sp³-hybridized carbons (Fsp3) is 0.778. The molecule has 5 nitrogen and oxygen atoms in total. The third kappa shape index (κ3) is 13.8. The number of esters is 1. The lowest BCUT2D eigenvalue weighted by molar-refractivity contribution is -0.144. The molecular weight excluding hydrogens is 294 g/mol. The van der Waals surface area contributed by atoms with Crippen LogP contribution in [0.1, 0.15) is 64.7 Å². The topological polar surface area (TPSA) is 55.8 Å². The summed E-state index contributed by atoms with van der Waals surface area (Å²) in [6.45, 7) is 6.15. The lowest BCUT2D eigenvalue weighted by atomic mass is 10.1. The standard InChI is InChI=1S/C18H33NO4/c1-4-6-7-8-9-10-11-12-13-15-22-17(20)16-19(3)18(21)23-14-5-2/h5H,2,4,6-16H2,1,3H3. The number of rotatable bonds is 14. The van der Waals surface area contributed by atoms with Gasteiger partial charge in [-0.2, -0.15) is 0 Å². The highest BCUT2D eigenvalue weighted by atomic mass is 16.6. The first-order valence-corrected chi connectivity index (χ1v) is 8.76. The third-order valence-corrected chi connectivity index (χ3v) is 3.51. The normalized spacial score (nSPS) is 10.2. The average molecular weight is 327 g/mol. The first-order chi connectivity index (χ1) is 11.1. The Bertz CT molecular complexity index is 331. The van der Waals surface area contributed by atoms with Gasteiger partial charge in [0.2, 0.25) is 0 Å². The van der Waals surface area contributed by atoms with Gasteiger partial charge in [0.1, 0.15) is 13.2 Å². The van der Waals surface area contributed by atoms with Gasteiger partial charge in [0.15, 0.2) is 0 Å². The molecule has 0 unspecified atom stereocenters. The van der Waals surface area contributed by atoms with E-state index in [4.69, 9.17) is 9.47 Å². The number of hydrogen-bond acceptors (Lipinski definition) is 4. The van der Waals surface area contributed by atoms with Gasteiger partial charge in [-0.1, -0.05) is 70.9 Å². The molecular formula is C18H33NO4. The Balaban J connectivity index is 3.46. The van der Waals surface area contributed by atoms with Crippen LogP contribution in [0.15, 0.2) is 12.7 Å². The molecule has 0 bridgehead atoms. The van der Waals surface area contributed by atoms with Crippen LogP contribution in [-0.4, -0.2) is 43.8 Å². The largest absolute Gasteiger partial charge is 0.464 e. The Labute approximate surface area is 141 Å². The monoisotopic (exact) mass is 327 g/mol. The minimum Gasteiger partial charge on any atom is -0.464 e. The van der Waals surface area contributed by atoms with E-state index in [1.54, 1.807) is 0 Å². The molecule has 0 aromatic heterocycles. The summed E-state index contributed by atoms with van der Waals surface area (Å²) in [5.41, 5.74) is 0. The van der Waals surface area contributed by atoms with Gasteiger partial charge in [-0.25, -0.2) is 4.79 Å². The molecule has 0 saturated heterocycles. The van der Waals surface area contributed by atoms with E-state index in [0.29, 0.717) is 6.61 Å². The summed E-state index contributed by atoms with van der Waals surface area (Å²) in [4.78, 5) is 24.2. The highest BCUT2D eigenvalue weighted by Crippen LogP contribution is 2.09. The Kier molecular flexibility index (Phi) is 14.4. The Morgan fingerprint density at radius 2 is 1.52 bits per heavy atom. The van der Waals surface area contributed by atoms with Crippen molar-refractivity contribution in [1.29, 1.82) is 0 Å². The first kappa shape index (κ1) is 21.5. The van der Waals surface area contributed by atoms with Crippen molar-refractivity contribution in [3.63, 3.8) is 0 Å². The molecule has 0 aliphatic rings. The SMILES string of the molecule is C=CCOC(=O)N(C)CC(=O)OCCCCCCCCCCC. The number of unbranched alkanes of at least 4 members (excludes halogenated alkanes) is 8. The summed E-state index contributed by atoms with van der Waals surface area (Å²) >= 11 is 0. The smallest absolute Gasteiger partial charge is 0.410 e.